The highest BCUT2D eigenvalue weighted by Crippen LogP contribution is 2.36. The zero-order valence-electron chi connectivity index (χ0n) is 10.2. The number of fused-ring (bicyclic) bond motifs is 1. The molecule has 0 amide bonds. The lowest BCUT2D eigenvalue weighted by Crippen LogP contribution is -2.07. The van der Waals surface area contributed by atoms with Gasteiger partial charge in [-0.05, 0) is 33.1 Å². The first kappa shape index (κ1) is 11.5. The van der Waals surface area contributed by atoms with E-state index >= 15 is 0 Å². The van der Waals surface area contributed by atoms with Crippen molar-refractivity contribution >= 4 is 0 Å². The van der Waals surface area contributed by atoms with Gasteiger partial charge in [0.1, 0.15) is 0 Å². The smallest absolute Gasteiger partial charge is 0.218 e. The Kier molecular flexibility index (Phi) is 3.19. The third-order valence-electron chi connectivity index (χ3n) is 3.00. The summed E-state index contributed by atoms with van der Waals surface area (Å²) in [5.74, 6) is 0.775. The van der Waals surface area contributed by atoms with Gasteiger partial charge in [-0.15, -0.1) is 0 Å². The molecular formula is C12H20N2O2. The lowest BCUT2D eigenvalue weighted by molar-refractivity contribution is 0.166. The van der Waals surface area contributed by atoms with Gasteiger partial charge in [-0.25, -0.2) is 4.68 Å². The van der Waals surface area contributed by atoms with Crippen molar-refractivity contribution in [1.82, 2.24) is 9.78 Å². The quantitative estimate of drug-likeness (QED) is 0.838. The highest BCUT2D eigenvalue weighted by atomic mass is 16.5. The lowest BCUT2D eigenvalue weighted by atomic mass is 10.1. The van der Waals surface area contributed by atoms with Gasteiger partial charge in [0.25, 0.3) is 0 Å². The molecule has 1 aromatic heterocycles. The fraction of sp³-hybridized carbons (Fsp3) is 0.750. The summed E-state index contributed by atoms with van der Waals surface area (Å²) in [4.78, 5) is 0. The van der Waals surface area contributed by atoms with Gasteiger partial charge in [-0.2, -0.15) is 5.10 Å². The zero-order valence-corrected chi connectivity index (χ0v) is 10.2. The summed E-state index contributed by atoms with van der Waals surface area (Å²) in [5.41, 5.74) is 1.88. The van der Waals surface area contributed by atoms with Crippen LogP contribution in [0, 0.1) is 0 Å². The minimum Gasteiger partial charge on any atom is -0.478 e. The number of hydrogen-bond donors (Lipinski definition) is 1. The standard InChI is InChI=1S/C12H20N2O2/c1-4-9-11-10(15)6-5-7-16-12(11)14(13-9)8(2)3/h8,10,15H,4-7H2,1-3H3. The van der Waals surface area contributed by atoms with Crippen molar-refractivity contribution in [3.63, 3.8) is 0 Å². The van der Waals surface area contributed by atoms with Crippen LogP contribution < -0.4 is 4.74 Å². The fourth-order valence-electron chi connectivity index (χ4n) is 2.16. The minimum absolute atomic E-state index is 0.263. The number of aromatic nitrogens is 2. The van der Waals surface area contributed by atoms with E-state index < -0.39 is 6.10 Å². The second kappa shape index (κ2) is 4.45. The molecule has 0 bridgehead atoms. The Labute approximate surface area is 96.2 Å². The number of nitrogens with zero attached hydrogens (tertiary/aromatic N) is 2. The number of rotatable bonds is 2. The summed E-state index contributed by atoms with van der Waals surface area (Å²) in [6.45, 7) is 6.89. The predicted octanol–water partition coefficient (Wildman–Crippen LogP) is 2.23. The van der Waals surface area contributed by atoms with Crippen molar-refractivity contribution in [3.05, 3.63) is 11.3 Å². The molecule has 1 unspecified atom stereocenters. The molecule has 0 aliphatic carbocycles. The molecule has 2 rings (SSSR count). The number of ether oxygens (including phenoxy) is 1. The van der Waals surface area contributed by atoms with E-state index in [2.05, 4.69) is 25.9 Å². The van der Waals surface area contributed by atoms with E-state index in [-0.39, 0.29) is 6.04 Å². The molecule has 1 aromatic rings. The van der Waals surface area contributed by atoms with Crippen molar-refractivity contribution in [1.29, 1.82) is 0 Å². The van der Waals surface area contributed by atoms with E-state index in [1.54, 1.807) is 0 Å². The lowest BCUT2D eigenvalue weighted by Gasteiger charge is -2.11. The molecule has 0 saturated carbocycles. The number of aliphatic hydroxyl groups is 1. The maximum absolute atomic E-state index is 10.1. The van der Waals surface area contributed by atoms with E-state index in [9.17, 15) is 5.11 Å². The largest absolute Gasteiger partial charge is 0.478 e. The fourth-order valence-corrected chi connectivity index (χ4v) is 2.16. The Hall–Kier alpha value is -1.03. The van der Waals surface area contributed by atoms with Crippen molar-refractivity contribution in [2.45, 2.75) is 52.2 Å². The first-order valence-corrected chi connectivity index (χ1v) is 6.07. The molecule has 1 aliphatic rings. The van der Waals surface area contributed by atoms with Gasteiger partial charge in [0.05, 0.1) is 30.0 Å². The second-order valence-electron chi connectivity index (χ2n) is 4.56. The molecular weight excluding hydrogens is 204 g/mol. The molecule has 0 spiro atoms. The predicted molar refractivity (Wildman–Crippen MR) is 61.7 cm³/mol. The molecule has 0 aromatic carbocycles. The van der Waals surface area contributed by atoms with E-state index in [4.69, 9.17) is 4.74 Å². The Morgan fingerprint density at radius 1 is 1.56 bits per heavy atom. The molecule has 1 aliphatic heterocycles. The Bertz CT molecular complexity index is 371. The van der Waals surface area contributed by atoms with E-state index in [1.807, 2.05) is 4.68 Å². The van der Waals surface area contributed by atoms with Crippen LogP contribution in [0.1, 0.15) is 57.0 Å². The normalized spacial score (nSPS) is 20.4. The molecule has 2 heterocycles. The van der Waals surface area contributed by atoms with Crippen LogP contribution in [0.25, 0.3) is 0 Å². The molecule has 4 heteroatoms. The van der Waals surface area contributed by atoms with Crippen LogP contribution in [0.5, 0.6) is 5.88 Å². The molecule has 1 atom stereocenters. The topological polar surface area (TPSA) is 47.3 Å². The number of aryl methyl sites for hydroxylation is 1. The van der Waals surface area contributed by atoms with Crippen LogP contribution in [0.2, 0.25) is 0 Å². The SMILES string of the molecule is CCc1nn(C(C)C)c2c1C(O)CCCO2. The van der Waals surface area contributed by atoms with Gasteiger partial charge in [-0.3, -0.25) is 0 Å². The van der Waals surface area contributed by atoms with Crippen LogP contribution in [-0.2, 0) is 6.42 Å². The van der Waals surface area contributed by atoms with Gasteiger partial charge in [0, 0.05) is 0 Å². The van der Waals surface area contributed by atoms with Gasteiger partial charge >= 0.3 is 0 Å². The summed E-state index contributed by atoms with van der Waals surface area (Å²) >= 11 is 0. The van der Waals surface area contributed by atoms with Gasteiger partial charge < -0.3 is 9.84 Å². The Morgan fingerprint density at radius 2 is 2.31 bits per heavy atom. The monoisotopic (exact) mass is 224 g/mol. The van der Waals surface area contributed by atoms with Crippen molar-refractivity contribution in [2.24, 2.45) is 0 Å². The average molecular weight is 224 g/mol. The summed E-state index contributed by atoms with van der Waals surface area (Å²) in [5, 5.41) is 14.6. The minimum atomic E-state index is -0.417. The molecule has 0 radical (unpaired) electrons. The number of aliphatic hydroxyl groups excluding tert-OH is 1. The third-order valence-corrected chi connectivity index (χ3v) is 3.00. The Morgan fingerprint density at radius 3 is 2.94 bits per heavy atom. The molecule has 16 heavy (non-hydrogen) atoms. The first-order chi connectivity index (χ1) is 7.65. The molecule has 4 nitrogen and oxygen atoms in total. The first-order valence-electron chi connectivity index (χ1n) is 6.07. The van der Waals surface area contributed by atoms with Crippen molar-refractivity contribution < 1.29 is 9.84 Å². The highest BCUT2D eigenvalue weighted by Gasteiger charge is 2.27. The average Bonchev–Trinajstić information content (AvgIpc) is 2.53. The summed E-state index contributed by atoms with van der Waals surface area (Å²) < 4.78 is 7.63. The van der Waals surface area contributed by atoms with E-state index in [1.165, 1.54) is 0 Å². The van der Waals surface area contributed by atoms with E-state index in [0.29, 0.717) is 6.61 Å². The van der Waals surface area contributed by atoms with Crippen LogP contribution >= 0.6 is 0 Å². The molecule has 90 valence electrons. The van der Waals surface area contributed by atoms with Gasteiger partial charge in [-0.1, -0.05) is 6.92 Å². The van der Waals surface area contributed by atoms with Crippen LogP contribution in [0.3, 0.4) is 0 Å². The van der Waals surface area contributed by atoms with Crippen molar-refractivity contribution in [3.8, 4) is 5.88 Å². The second-order valence-corrected chi connectivity index (χ2v) is 4.56. The maximum Gasteiger partial charge on any atom is 0.218 e. The van der Waals surface area contributed by atoms with Gasteiger partial charge in [0.15, 0.2) is 0 Å². The highest BCUT2D eigenvalue weighted by molar-refractivity contribution is 5.35. The Balaban J connectivity index is 2.52. The van der Waals surface area contributed by atoms with Gasteiger partial charge in [0.2, 0.25) is 5.88 Å². The van der Waals surface area contributed by atoms with Crippen molar-refractivity contribution in [2.75, 3.05) is 6.61 Å². The summed E-state index contributed by atoms with van der Waals surface area (Å²) in [7, 11) is 0. The van der Waals surface area contributed by atoms with E-state index in [0.717, 1.165) is 36.4 Å². The summed E-state index contributed by atoms with van der Waals surface area (Å²) in [6, 6.07) is 0.263. The number of hydrogen-bond acceptors (Lipinski definition) is 3. The summed E-state index contributed by atoms with van der Waals surface area (Å²) in [6.07, 6.45) is 2.09. The maximum atomic E-state index is 10.1. The molecule has 1 N–H and O–H groups in total. The van der Waals surface area contributed by atoms with Crippen LogP contribution in [0.4, 0.5) is 0 Å². The zero-order chi connectivity index (χ0) is 11.7. The van der Waals surface area contributed by atoms with Crippen LogP contribution in [0.15, 0.2) is 0 Å². The molecule has 0 fully saturated rings. The third kappa shape index (κ3) is 1.82. The molecule has 0 saturated heterocycles. The van der Waals surface area contributed by atoms with Crippen LogP contribution in [-0.4, -0.2) is 21.5 Å².